The first-order valence-corrected chi connectivity index (χ1v) is 14.9. The van der Waals surface area contributed by atoms with Gasteiger partial charge in [0, 0.05) is 62.0 Å². The molecule has 2 aliphatic heterocycles. The Kier molecular flexibility index (Phi) is 13.3. The maximum atomic E-state index is 12.5. The zero-order valence-corrected chi connectivity index (χ0v) is 25.2. The second-order valence-electron chi connectivity index (χ2n) is 10.2. The van der Waals surface area contributed by atoms with Crippen molar-refractivity contribution in [1.29, 1.82) is 0 Å². The number of carbonyl (C=O) groups excluding carboxylic acids is 1. The zero-order valence-electron chi connectivity index (χ0n) is 24.4. The van der Waals surface area contributed by atoms with Crippen LogP contribution in [0.4, 0.5) is 17.1 Å². The van der Waals surface area contributed by atoms with E-state index < -0.39 is 0 Å². The number of amides is 1. The van der Waals surface area contributed by atoms with Crippen LogP contribution in [0, 0.1) is 0 Å². The Morgan fingerprint density at radius 3 is 2.24 bits per heavy atom. The number of nitrogens with one attached hydrogen (secondary N) is 2. The van der Waals surface area contributed by atoms with E-state index >= 15 is 0 Å². The van der Waals surface area contributed by atoms with E-state index in [9.17, 15) is 4.79 Å². The molecular weight excluding hydrogens is 560 g/mol. The van der Waals surface area contributed by atoms with Crippen LogP contribution >= 0.6 is 11.6 Å². The molecular formula is C30H43ClN6O5. The topological polar surface area (TPSA) is 123 Å². The number of likely N-dealkylation sites (N-methyl/N-ethyl adjacent to an activating group) is 1. The molecule has 4 rings (SSSR count). The Balaban J connectivity index is 1.22. The Hall–Kier alpha value is -2.77. The molecule has 2 aromatic rings. The second kappa shape index (κ2) is 17.4. The normalized spacial score (nSPS) is 14.9. The minimum absolute atomic E-state index is 0.0655. The lowest BCUT2D eigenvalue weighted by molar-refractivity contribution is -0.122. The molecule has 1 amide bonds. The number of hydrogen-bond donors (Lipinski definition) is 3. The average Bonchev–Trinajstić information content (AvgIpc) is 3.15. The largest absolute Gasteiger partial charge is 0.379 e. The predicted octanol–water partition coefficient (Wildman–Crippen LogP) is 2.75. The molecule has 2 aromatic carbocycles. The number of ether oxygens (including phenoxy) is 4. The highest BCUT2D eigenvalue weighted by atomic mass is 35.5. The molecule has 2 aliphatic rings. The minimum atomic E-state index is -0.0655. The van der Waals surface area contributed by atoms with E-state index in [0.29, 0.717) is 71.0 Å². The van der Waals surface area contributed by atoms with Crippen LogP contribution in [0.3, 0.4) is 0 Å². The molecule has 0 atom stereocenters. The monoisotopic (exact) mass is 602 g/mol. The van der Waals surface area contributed by atoms with Crippen LogP contribution in [-0.2, 0) is 30.3 Å². The summed E-state index contributed by atoms with van der Waals surface area (Å²) in [5, 5.41) is 7.18. The summed E-state index contributed by atoms with van der Waals surface area (Å²) >= 11 is 6.31. The smallest absolute Gasteiger partial charge is 0.222 e. The van der Waals surface area contributed by atoms with Crippen LogP contribution in [0.5, 0.6) is 0 Å². The van der Waals surface area contributed by atoms with Gasteiger partial charge >= 0.3 is 0 Å². The third-order valence-corrected chi connectivity index (χ3v) is 7.16. The summed E-state index contributed by atoms with van der Waals surface area (Å²) in [6.07, 6.45) is 0.280. The Morgan fingerprint density at radius 2 is 1.55 bits per heavy atom. The van der Waals surface area contributed by atoms with Crippen LogP contribution in [0.15, 0.2) is 41.4 Å². The van der Waals surface area contributed by atoms with Gasteiger partial charge in [0.05, 0.1) is 64.2 Å². The van der Waals surface area contributed by atoms with E-state index in [-0.39, 0.29) is 12.3 Å². The summed E-state index contributed by atoms with van der Waals surface area (Å²) < 4.78 is 21.6. The molecule has 4 N–H and O–H groups in total. The fourth-order valence-electron chi connectivity index (χ4n) is 4.58. The third kappa shape index (κ3) is 10.2. The molecule has 230 valence electrons. The average molecular weight is 603 g/mol. The molecule has 0 radical (unpaired) electrons. The van der Waals surface area contributed by atoms with Crippen LogP contribution in [0.25, 0.3) is 0 Å². The summed E-state index contributed by atoms with van der Waals surface area (Å²) in [6, 6.07) is 11.9. The summed E-state index contributed by atoms with van der Waals surface area (Å²) in [6.45, 7) is 8.41. The molecule has 0 aliphatic carbocycles. The van der Waals surface area contributed by atoms with Gasteiger partial charge in [-0.25, -0.2) is 4.99 Å². The zero-order chi connectivity index (χ0) is 29.6. The minimum Gasteiger partial charge on any atom is -0.379 e. The Labute approximate surface area is 253 Å². The summed E-state index contributed by atoms with van der Waals surface area (Å²) in [7, 11) is 2.14. The van der Waals surface area contributed by atoms with Gasteiger partial charge in [0.1, 0.15) is 5.84 Å². The number of hydrogen-bond acceptors (Lipinski definition) is 10. The van der Waals surface area contributed by atoms with Crippen LogP contribution in [0.2, 0.25) is 5.02 Å². The fourth-order valence-corrected chi connectivity index (χ4v) is 4.74. The van der Waals surface area contributed by atoms with Crippen molar-refractivity contribution in [2.75, 3.05) is 97.9 Å². The van der Waals surface area contributed by atoms with Crippen LogP contribution in [0.1, 0.15) is 17.5 Å². The van der Waals surface area contributed by atoms with Crippen LogP contribution in [-0.4, -0.2) is 114 Å². The number of carbonyl (C=O) groups is 1. The molecule has 2 heterocycles. The molecule has 1 fully saturated rings. The number of benzene rings is 2. The van der Waals surface area contributed by atoms with E-state index in [1.807, 2.05) is 24.3 Å². The van der Waals surface area contributed by atoms with Gasteiger partial charge in [-0.1, -0.05) is 17.7 Å². The van der Waals surface area contributed by atoms with Gasteiger partial charge < -0.3 is 45.1 Å². The maximum absolute atomic E-state index is 12.5. The van der Waals surface area contributed by atoms with Crippen molar-refractivity contribution >= 4 is 40.4 Å². The van der Waals surface area contributed by atoms with E-state index in [1.165, 1.54) is 0 Å². The number of amidine groups is 1. The quantitative estimate of drug-likeness (QED) is 0.249. The van der Waals surface area contributed by atoms with E-state index in [1.54, 1.807) is 0 Å². The van der Waals surface area contributed by atoms with Gasteiger partial charge in [-0.05, 0) is 42.9 Å². The lowest BCUT2D eigenvalue weighted by Crippen LogP contribution is -2.47. The number of fused-ring (bicyclic) bond motifs is 2. The summed E-state index contributed by atoms with van der Waals surface area (Å²) in [4.78, 5) is 22.2. The van der Waals surface area contributed by atoms with Gasteiger partial charge in [-0.2, -0.15) is 0 Å². The lowest BCUT2D eigenvalue weighted by Gasteiger charge is -2.35. The highest BCUT2D eigenvalue weighted by Gasteiger charge is 2.24. The second-order valence-corrected chi connectivity index (χ2v) is 10.6. The molecule has 1 saturated heterocycles. The number of halogens is 1. The van der Waals surface area contributed by atoms with Gasteiger partial charge in [0.15, 0.2) is 0 Å². The van der Waals surface area contributed by atoms with E-state index in [4.69, 9.17) is 41.3 Å². The standard InChI is InChI=1S/C30H43ClN6O5/c1-36-8-10-37(11-9-36)30-25-20-23(2-4-26(25)34-27-5-3-24(31)21-28(27)35-30)22-33-29(38)6-12-39-14-16-41-18-19-42-17-15-40-13-7-32/h2-5,20-21,34H,6-19,22,32H2,1H3,(H,33,38). The van der Waals surface area contributed by atoms with Gasteiger partial charge in [-0.3, -0.25) is 4.79 Å². The van der Waals surface area contributed by atoms with E-state index in [0.717, 1.165) is 60.2 Å². The third-order valence-electron chi connectivity index (χ3n) is 6.92. The molecule has 12 heteroatoms. The number of anilines is 2. The van der Waals surface area contributed by atoms with Crippen molar-refractivity contribution in [3.63, 3.8) is 0 Å². The molecule has 11 nitrogen and oxygen atoms in total. The highest BCUT2D eigenvalue weighted by molar-refractivity contribution is 6.31. The van der Waals surface area contributed by atoms with Gasteiger partial charge in [-0.15, -0.1) is 0 Å². The first-order chi connectivity index (χ1) is 20.5. The van der Waals surface area contributed by atoms with Crippen molar-refractivity contribution < 1.29 is 23.7 Å². The molecule has 0 spiro atoms. The van der Waals surface area contributed by atoms with Crippen molar-refractivity contribution in [3.05, 3.63) is 52.5 Å². The van der Waals surface area contributed by atoms with Crippen molar-refractivity contribution in [3.8, 4) is 0 Å². The predicted molar refractivity (Wildman–Crippen MR) is 165 cm³/mol. The molecule has 0 unspecified atom stereocenters. The van der Waals surface area contributed by atoms with Gasteiger partial charge in [0.2, 0.25) is 5.91 Å². The van der Waals surface area contributed by atoms with E-state index in [2.05, 4.69) is 39.6 Å². The number of nitrogens with zero attached hydrogens (tertiary/aromatic N) is 3. The lowest BCUT2D eigenvalue weighted by atomic mass is 10.1. The maximum Gasteiger partial charge on any atom is 0.222 e. The number of piperazine rings is 1. The van der Waals surface area contributed by atoms with Crippen molar-refractivity contribution in [1.82, 2.24) is 15.1 Å². The highest BCUT2D eigenvalue weighted by Crippen LogP contribution is 2.37. The molecule has 0 saturated carbocycles. The van der Waals surface area contributed by atoms with Gasteiger partial charge in [0.25, 0.3) is 0 Å². The molecule has 0 bridgehead atoms. The first kappa shape index (κ1) is 32.2. The fraction of sp³-hybridized carbons (Fsp3) is 0.533. The number of nitrogens with two attached hydrogens (primary N) is 1. The number of rotatable bonds is 16. The van der Waals surface area contributed by atoms with Crippen LogP contribution < -0.4 is 16.4 Å². The molecule has 42 heavy (non-hydrogen) atoms. The SMILES string of the molecule is CN1CCN(C2=Nc3cc(Cl)ccc3Nc3ccc(CNC(=O)CCOCCOCCOCCOCCN)cc32)CC1. The van der Waals surface area contributed by atoms with Crippen molar-refractivity contribution in [2.24, 2.45) is 10.7 Å². The summed E-state index contributed by atoms with van der Waals surface area (Å²) in [5.41, 5.74) is 10.1. The number of aliphatic imine (C=N–C) groups is 1. The Bertz CT molecular complexity index is 1170. The first-order valence-electron chi connectivity index (χ1n) is 14.5. The molecule has 0 aromatic heterocycles. The van der Waals surface area contributed by atoms with Crippen molar-refractivity contribution in [2.45, 2.75) is 13.0 Å². The summed E-state index contributed by atoms with van der Waals surface area (Å²) in [5.74, 6) is 0.850. The Morgan fingerprint density at radius 1 is 0.905 bits per heavy atom.